The van der Waals surface area contributed by atoms with E-state index in [0.29, 0.717) is 0 Å². The van der Waals surface area contributed by atoms with Crippen molar-refractivity contribution < 1.29 is 0 Å². The zero-order valence-corrected chi connectivity index (χ0v) is 10.8. The first kappa shape index (κ1) is 13.0. The Morgan fingerprint density at radius 1 is 1.20 bits per heavy atom. The van der Waals surface area contributed by atoms with Crippen LogP contribution in [0.4, 0.5) is 0 Å². The first-order valence-electron chi connectivity index (χ1n) is 6.57. The van der Waals surface area contributed by atoms with Gasteiger partial charge in [-0.1, -0.05) is 26.7 Å². The van der Waals surface area contributed by atoms with Gasteiger partial charge < -0.3 is 10.6 Å². The summed E-state index contributed by atoms with van der Waals surface area (Å²) in [6.45, 7) is 6.70. The molecule has 1 aliphatic carbocycles. The Morgan fingerprint density at radius 3 is 2.20 bits per heavy atom. The Labute approximate surface area is 95.2 Å². The molecule has 0 aromatic rings. The van der Waals surface area contributed by atoms with Crippen LogP contribution in [0.5, 0.6) is 0 Å². The van der Waals surface area contributed by atoms with Crippen molar-refractivity contribution in [2.75, 3.05) is 20.1 Å². The summed E-state index contributed by atoms with van der Waals surface area (Å²) in [4.78, 5) is 2.45. The lowest BCUT2D eigenvalue weighted by Crippen LogP contribution is -2.49. The maximum atomic E-state index is 6.33. The summed E-state index contributed by atoms with van der Waals surface area (Å²) in [5.74, 6) is 0.938. The lowest BCUT2D eigenvalue weighted by Gasteiger charge is -2.33. The van der Waals surface area contributed by atoms with Gasteiger partial charge in [0.1, 0.15) is 0 Å². The van der Waals surface area contributed by atoms with Crippen molar-refractivity contribution in [2.24, 2.45) is 11.7 Å². The normalized spacial score (nSPS) is 19.0. The number of nitrogens with zero attached hydrogens (tertiary/aromatic N) is 1. The third-order valence-corrected chi connectivity index (χ3v) is 4.04. The van der Waals surface area contributed by atoms with Crippen molar-refractivity contribution >= 4 is 0 Å². The zero-order chi connectivity index (χ0) is 11.3. The van der Waals surface area contributed by atoms with Crippen LogP contribution in [0.2, 0.25) is 0 Å². The van der Waals surface area contributed by atoms with Crippen LogP contribution in [0.1, 0.15) is 52.4 Å². The largest absolute Gasteiger partial charge is 0.324 e. The van der Waals surface area contributed by atoms with Crippen molar-refractivity contribution in [3.63, 3.8) is 0 Å². The van der Waals surface area contributed by atoms with E-state index < -0.39 is 0 Å². The van der Waals surface area contributed by atoms with Gasteiger partial charge in [0, 0.05) is 18.6 Å². The summed E-state index contributed by atoms with van der Waals surface area (Å²) >= 11 is 0. The Kier molecular flexibility index (Phi) is 5.07. The molecule has 90 valence electrons. The third kappa shape index (κ3) is 4.12. The van der Waals surface area contributed by atoms with E-state index in [0.717, 1.165) is 25.3 Å². The Morgan fingerprint density at radius 2 is 1.73 bits per heavy atom. The minimum Gasteiger partial charge on any atom is -0.324 e. The average molecular weight is 212 g/mol. The molecule has 0 aliphatic heterocycles. The SMILES string of the molecule is CCC(N)(CC)CN(C)CC1CCCC1. The fourth-order valence-electron chi connectivity index (χ4n) is 2.71. The van der Waals surface area contributed by atoms with E-state index in [1.807, 2.05) is 0 Å². The molecule has 2 heteroatoms. The molecular weight excluding hydrogens is 184 g/mol. The standard InChI is InChI=1S/C13H28N2/c1-4-13(14,5-2)11-15(3)10-12-8-6-7-9-12/h12H,4-11,14H2,1-3H3. The summed E-state index contributed by atoms with van der Waals surface area (Å²) in [5.41, 5.74) is 6.37. The minimum absolute atomic E-state index is 0.0351. The molecule has 0 radical (unpaired) electrons. The lowest BCUT2D eigenvalue weighted by atomic mass is 9.93. The molecule has 1 saturated carbocycles. The van der Waals surface area contributed by atoms with E-state index in [2.05, 4.69) is 25.8 Å². The van der Waals surface area contributed by atoms with Crippen LogP contribution in [-0.4, -0.2) is 30.6 Å². The van der Waals surface area contributed by atoms with Crippen molar-refractivity contribution in [3.05, 3.63) is 0 Å². The summed E-state index contributed by atoms with van der Waals surface area (Å²) in [6.07, 6.45) is 7.90. The number of hydrogen-bond donors (Lipinski definition) is 1. The van der Waals surface area contributed by atoms with Gasteiger partial charge in [-0.3, -0.25) is 0 Å². The molecule has 0 atom stereocenters. The first-order valence-corrected chi connectivity index (χ1v) is 6.57. The summed E-state index contributed by atoms with van der Waals surface area (Å²) < 4.78 is 0. The van der Waals surface area contributed by atoms with Gasteiger partial charge in [0.05, 0.1) is 0 Å². The van der Waals surface area contributed by atoms with Crippen LogP contribution in [0.25, 0.3) is 0 Å². The Bertz CT molecular complexity index is 169. The Balaban J connectivity index is 2.30. The molecule has 0 aromatic carbocycles. The summed E-state index contributed by atoms with van der Waals surface area (Å²) in [6, 6.07) is 0. The highest BCUT2D eigenvalue weighted by molar-refractivity contribution is 4.85. The van der Waals surface area contributed by atoms with Crippen molar-refractivity contribution in [1.82, 2.24) is 4.90 Å². The highest BCUT2D eigenvalue weighted by Crippen LogP contribution is 2.25. The van der Waals surface area contributed by atoms with Gasteiger partial charge in [0.15, 0.2) is 0 Å². The average Bonchev–Trinajstić information content (AvgIpc) is 2.70. The molecule has 0 spiro atoms. The summed E-state index contributed by atoms with van der Waals surface area (Å²) in [5, 5.41) is 0. The number of nitrogens with two attached hydrogens (primary N) is 1. The molecule has 0 amide bonds. The first-order chi connectivity index (χ1) is 7.09. The molecule has 0 heterocycles. The van der Waals surface area contributed by atoms with Gasteiger partial charge in [-0.15, -0.1) is 0 Å². The second-order valence-electron chi connectivity index (χ2n) is 5.42. The van der Waals surface area contributed by atoms with Crippen LogP contribution >= 0.6 is 0 Å². The zero-order valence-electron chi connectivity index (χ0n) is 10.8. The number of rotatable bonds is 6. The molecule has 1 rings (SSSR count). The third-order valence-electron chi connectivity index (χ3n) is 4.04. The van der Waals surface area contributed by atoms with Gasteiger partial charge >= 0.3 is 0 Å². The number of likely N-dealkylation sites (N-methyl/N-ethyl adjacent to an activating group) is 1. The number of hydrogen-bond acceptors (Lipinski definition) is 2. The van der Waals surface area contributed by atoms with Crippen molar-refractivity contribution in [2.45, 2.75) is 57.9 Å². The van der Waals surface area contributed by atoms with Crippen LogP contribution < -0.4 is 5.73 Å². The highest BCUT2D eigenvalue weighted by atomic mass is 15.1. The molecule has 1 aliphatic rings. The fraction of sp³-hybridized carbons (Fsp3) is 1.00. The van der Waals surface area contributed by atoms with E-state index in [1.165, 1.54) is 32.2 Å². The molecule has 0 bridgehead atoms. The molecule has 0 aromatic heterocycles. The topological polar surface area (TPSA) is 29.3 Å². The maximum absolute atomic E-state index is 6.33. The summed E-state index contributed by atoms with van der Waals surface area (Å²) in [7, 11) is 2.23. The molecule has 0 saturated heterocycles. The molecular formula is C13H28N2. The van der Waals surface area contributed by atoms with E-state index in [1.54, 1.807) is 0 Å². The molecule has 1 fully saturated rings. The van der Waals surface area contributed by atoms with Crippen LogP contribution in [0.15, 0.2) is 0 Å². The Hall–Kier alpha value is -0.0800. The molecule has 2 N–H and O–H groups in total. The quantitative estimate of drug-likeness (QED) is 0.733. The van der Waals surface area contributed by atoms with E-state index >= 15 is 0 Å². The van der Waals surface area contributed by atoms with Crippen LogP contribution in [0.3, 0.4) is 0 Å². The molecule has 2 nitrogen and oxygen atoms in total. The van der Waals surface area contributed by atoms with Crippen LogP contribution in [0, 0.1) is 5.92 Å². The van der Waals surface area contributed by atoms with Crippen LogP contribution in [-0.2, 0) is 0 Å². The maximum Gasteiger partial charge on any atom is 0.0278 e. The molecule has 0 unspecified atom stereocenters. The highest BCUT2D eigenvalue weighted by Gasteiger charge is 2.24. The van der Waals surface area contributed by atoms with Gasteiger partial charge in [-0.05, 0) is 38.6 Å². The molecule has 15 heavy (non-hydrogen) atoms. The van der Waals surface area contributed by atoms with Crippen molar-refractivity contribution in [1.29, 1.82) is 0 Å². The van der Waals surface area contributed by atoms with Gasteiger partial charge in [0.2, 0.25) is 0 Å². The minimum atomic E-state index is 0.0351. The van der Waals surface area contributed by atoms with Gasteiger partial charge in [-0.2, -0.15) is 0 Å². The lowest BCUT2D eigenvalue weighted by molar-refractivity contribution is 0.207. The predicted molar refractivity (Wildman–Crippen MR) is 67.0 cm³/mol. The van der Waals surface area contributed by atoms with E-state index in [-0.39, 0.29) is 5.54 Å². The van der Waals surface area contributed by atoms with Gasteiger partial charge in [0.25, 0.3) is 0 Å². The second-order valence-corrected chi connectivity index (χ2v) is 5.42. The predicted octanol–water partition coefficient (Wildman–Crippen LogP) is 2.63. The van der Waals surface area contributed by atoms with Crippen molar-refractivity contribution in [3.8, 4) is 0 Å². The van der Waals surface area contributed by atoms with E-state index in [4.69, 9.17) is 5.73 Å². The van der Waals surface area contributed by atoms with E-state index in [9.17, 15) is 0 Å². The second kappa shape index (κ2) is 5.86. The smallest absolute Gasteiger partial charge is 0.0278 e. The fourth-order valence-corrected chi connectivity index (χ4v) is 2.71. The monoisotopic (exact) mass is 212 g/mol. The van der Waals surface area contributed by atoms with Gasteiger partial charge in [-0.25, -0.2) is 0 Å².